The largest absolute Gasteiger partial charge is 0.379 e. The van der Waals surface area contributed by atoms with E-state index in [4.69, 9.17) is 4.74 Å². The van der Waals surface area contributed by atoms with E-state index in [9.17, 15) is 4.79 Å². The smallest absolute Gasteiger partial charge is 0.248 e. The summed E-state index contributed by atoms with van der Waals surface area (Å²) in [5.74, 6) is -0.113. The fraction of sp³-hybridized carbons (Fsp3) is 0.318. The van der Waals surface area contributed by atoms with Crippen LogP contribution in [0.15, 0.2) is 60.7 Å². The first-order valence-corrected chi connectivity index (χ1v) is 9.14. The Morgan fingerprint density at radius 2 is 1.81 bits per heavy atom. The number of carbonyl (C=O) groups excluding carboxylic acids is 1. The Bertz CT molecular complexity index is 762. The van der Waals surface area contributed by atoms with E-state index in [1.807, 2.05) is 31.2 Å². The van der Waals surface area contributed by atoms with E-state index < -0.39 is 0 Å². The first-order valence-electron chi connectivity index (χ1n) is 9.14. The summed E-state index contributed by atoms with van der Waals surface area (Å²) in [6.45, 7) is 7.64. The van der Waals surface area contributed by atoms with Gasteiger partial charge in [0.2, 0.25) is 5.91 Å². The molecule has 0 spiro atoms. The van der Waals surface area contributed by atoms with Gasteiger partial charge >= 0.3 is 0 Å². The molecule has 1 aliphatic heterocycles. The number of nitrogens with zero attached hydrogens (tertiary/aromatic N) is 1. The van der Waals surface area contributed by atoms with E-state index in [0.29, 0.717) is 6.04 Å². The zero-order valence-electron chi connectivity index (χ0n) is 15.4. The predicted molar refractivity (Wildman–Crippen MR) is 106 cm³/mol. The van der Waals surface area contributed by atoms with Crippen molar-refractivity contribution in [1.82, 2.24) is 4.90 Å². The minimum atomic E-state index is -0.113. The number of rotatable bonds is 5. The Hall–Kier alpha value is -2.43. The summed E-state index contributed by atoms with van der Waals surface area (Å²) in [5.41, 5.74) is 4.24. The van der Waals surface area contributed by atoms with Gasteiger partial charge in [0.1, 0.15) is 0 Å². The normalized spacial score (nSPS) is 16.5. The number of morpholine rings is 1. The molecule has 0 unspecified atom stereocenters. The van der Waals surface area contributed by atoms with Crippen molar-refractivity contribution in [2.45, 2.75) is 19.9 Å². The van der Waals surface area contributed by atoms with Gasteiger partial charge in [-0.05, 0) is 37.1 Å². The SMILES string of the molecule is C/C=C/C(=O)Nc1ccccc1-c1ccc([C@@H](C)N2CCOCC2)cc1. The Morgan fingerprint density at radius 3 is 2.50 bits per heavy atom. The summed E-state index contributed by atoms with van der Waals surface area (Å²) >= 11 is 0. The minimum absolute atomic E-state index is 0.113. The number of hydrogen-bond acceptors (Lipinski definition) is 3. The highest BCUT2D eigenvalue weighted by atomic mass is 16.5. The van der Waals surface area contributed by atoms with Gasteiger partial charge in [-0.3, -0.25) is 9.69 Å². The molecule has 2 aromatic carbocycles. The zero-order valence-corrected chi connectivity index (χ0v) is 15.4. The van der Waals surface area contributed by atoms with Crippen LogP contribution >= 0.6 is 0 Å². The van der Waals surface area contributed by atoms with Crippen molar-refractivity contribution < 1.29 is 9.53 Å². The number of allylic oxidation sites excluding steroid dienone is 1. The van der Waals surface area contributed by atoms with Crippen molar-refractivity contribution in [3.8, 4) is 11.1 Å². The second-order valence-corrected chi connectivity index (χ2v) is 6.48. The van der Waals surface area contributed by atoms with Gasteiger partial charge in [0.25, 0.3) is 0 Å². The topological polar surface area (TPSA) is 41.6 Å². The second kappa shape index (κ2) is 8.79. The van der Waals surface area contributed by atoms with Gasteiger partial charge in [0.15, 0.2) is 0 Å². The van der Waals surface area contributed by atoms with E-state index in [-0.39, 0.29) is 5.91 Å². The monoisotopic (exact) mass is 350 g/mol. The van der Waals surface area contributed by atoms with Gasteiger partial charge in [-0.25, -0.2) is 0 Å². The number of hydrogen-bond donors (Lipinski definition) is 1. The lowest BCUT2D eigenvalue weighted by atomic mass is 9.99. The summed E-state index contributed by atoms with van der Waals surface area (Å²) in [4.78, 5) is 14.3. The molecule has 1 aliphatic rings. The fourth-order valence-electron chi connectivity index (χ4n) is 3.29. The predicted octanol–water partition coefficient (Wildman–Crippen LogP) is 4.26. The number of carbonyl (C=O) groups is 1. The molecule has 0 bridgehead atoms. The molecule has 0 saturated carbocycles. The Morgan fingerprint density at radius 1 is 1.12 bits per heavy atom. The standard InChI is InChI=1S/C22H26N2O2/c1-3-6-22(25)23-21-8-5-4-7-20(21)19-11-9-18(10-12-19)17(2)24-13-15-26-16-14-24/h3-12,17H,13-16H2,1-2H3,(H,23,25)/b6-3+/t17-/m1/s1. The maximum absolute atomic E-state index is 11.9. The molecule has 136 valence electrons. The zero-order chi connectivity index (χ0) is 18.4. The summed E-state index contributed by atoms with van der Waals surface area (Å²) in [6, 6.07) is 16.9. The van der Waals surface area contributed by atoms with Crippen molar-refractivity contribution in [3.05, 3.63) is 66.2 Å². The van der Waals surface area contributed by atoms with Crippen LogP contribution in [0, 0.1) is 0 Å². The number of benzene rings is 2. The summed E-state index contributed by atoms with van der Waals surface area (Å²) in [6.07, 6.45) is 3.27. The van der Waals surface area contributed by atoms with E-state index in [0.717, 1.165) is 43.1 Å². The van der Waals surface area contributed by atoms with Crippen LogP contribution in [0.25, 0.3) is 11.1 Å². The third kappa shape index (κ3) is 4.40. The number of para-hydroxylation sites is 1. The van der Waals surface area contributed by atoms with Gasteiger partial charge < -0.3 is 10.1 Å². The molecule has 1 N–H and O–H groups in total. The fourth-order valence-corrected chi connectivity index (χ4v) is 3.29. The van der Waals surface area contributed by atoms with Gasteiger partial charge in [-0.1, -0.05) is 48.5 Å². The van der Waals surface area contributed by atoms with Crippen LogP contribution in [-0.2, 0) is 9.53 Å². The van der Waals surface area contributed by atoms with Crippen LogP contribution in [0.1, 0.15) is 25.5 Å². The quantitative estimate of drug-likeness (QED) is 0.819. The van der Waals surface area contributed by atoms with E-state index in [1.54, 1.807) is 6.08 Å². The van der Waals surface area contributed by atoms with Crippen LogP contribution in [0.3, 0.4) is 0 Å². The van der Waals surface area contributed by atoms with Crippen LogP contribution in [0.4, 0.5) is 5.69 Å². The molecule has 3 rings (SSSR count). The van der Waals surface area contributed by atoms with Gasteiger partial charge in [0.05, 0.1) is 13.2 Å². The highest BCUT2D eigenvalue weighted by Gasteiger charge is 2.18. The molecule has 1 heterocycles. The summed E-state index contributed by atoms with van der Waals surface area (Å²) < 4.78 is 5.44. The molecule has 4 nitrogen and oxygen atoms in total. The molecule has 0 aliphatic carbocycles. The molecule has 0 radical (unpaired) electrons. The molecule has 2 aromatic rings. The van der Waals surface area contributed by atoms with Crippen LogP contribution in [0.2, 0.25) is 0 Å². The number of ether oxygens (including phenoxy) is 1. The lowest BCUT2D eigenvalue weighted by molar-refractivity contribution is -0.111. The van der Waals surface area contributed by atoms with Crippen LogP contribution < -0.4 is 5.32 Å². The van der Waals surface area contributed by atoms with Crippen LogP contribution in [-0.4, -0.2) is 37.1 Å². The van der Waals surface area contributed by atoms with Crippen molar-refractivity contribution in [1.29, 1.82) is 0 Å². The van der Waals surface area contributed by atoms with E-state index in [1.165, 1.54) is 11.6 Å². The molecule has 0 aromatic heterocycles. The summed E-state index contributed by atoms with van der Waals surface area (Å²) in [5, 5.41) is 2.95. The molecule has 4 heteroatoms. The van der Waals surface area contributed by atoms with E-state index in [2.05, 4.69) is 41.4 Å². The molecule has 26 heavy (non-hydrogen) atoms. The first kappa shape index (κ1) is 18.4. The number of anilines is 1. The Balaban J connectivity index is 1.79. The van der Waals surface area contributed by atoms with Crippen molar-refractivity contribution >= 4 is 11.6 Å². The molecule has 1 atom stereocenters. The summed E-state index contributed by atoms with van der Waals surface area (Å²) in [7, 11) is 0. The van der Waals surface area contributed by atoms with Gasteiger partial charge in [0, 0.05) is 30.4 Å². The third-order valence-electron chi connectivity index (χ3n) is 4.80. The van der Waals surface area contributed by atoms with E-state index >= 15 is 0 Å². The molecular weight excluding hydrogens is 324 g/mol. The Labute approximate surface area is 155 Å². The first-order chi connectivity index (χ1) is 12.7. The van der Waals surface area contributed by atoms with Gasteiger partial charge in [-0.2, -0.15) is 0 Å². The maximum Gasteiger partial charge on any atom is 0.248 e. The number of nitrogens with one attached hydrogen (secondary N) is 1. The molecule has 1 saturated heterocycles. The number of amides is 1. The minimum Gasteiger partial charge on any atom is -0.379 e. The third-order valence-corrected chi connectivity index (χ3v) is 4.80. The molecule has 1 amide bonds. The van der Waals surface area contributed by atoms with Crippen molar-refractivity contribution in [2.75, 3.05) is 31.6 Å². The lowest BCUT2D eigenvalue weighted by Crippen LogP contribution is -2.37. The van der Waals surface area contributed by atoms with Crippen molar-refractivity contribution in [3.63, 3.8) is 0 Å². The second-order valence-electron chi connectivity index (χ2n) is 6.48. The average Bonchev–Trinajstić information content (AvgIpc) is 2.69. The highest BCUT2D eigenvalue weighted by Crippen LogP contribution is 2.30. The van der Waals surface area contributed by atoms with Crippen LogP contribution in [0.5, 0.6) is 0 Å². The van der Waals surface area contributed by atoms with Crippen molar-refractivity contribution in [2.24, 2.45) is 0 Å². The highest BCUT2D eigenvalue weighted by molar-refractivity contribution is 6.02. The average molecular weight is 350 g/mol. The lowest BCUT2D eigenvalue weighted by Gasteiger charge is -2.32. The maximum atomic E-state index is 11.9. The Kier molecular flexibility index (Phi) is 6.21. The van der Waals surface area contributed by atoms with Gasteiger partial charge in [-0.15, -0.1) is 0 Å². The molecular formula is C22H26N2O2. The molecule has 1 fully saturated rings.